The summed E-state index contributed by atoms with van der Waals surface area (Å²) in [6, 6.07) is 15.7. The number of aromatic nitrogens is 2. The van der Waals surface area contributed by atoms with Crippen LogP contribution in [-0.2, 0) is 15.0 Å². The SMILES string of the molecule is CCN(CC1CCN(c2ccc(C(=O)NC3C(C)(C)[C@@H]4Oc5ccc(C#N)c6nccc(c56)C34C)cn2)CC1)C1CC(Oc2ccc3c(c2)C(=O)N(C2CCC(=O)NC2=O)C3=O)C1. The number of fused-ring (bicyclic) bond motifs is 3. The van der Waals surface area contributed by atoms with Gasteiger partial charge in [-0.25, -0.2) is 4.98 Å². The van der Waals surface area contributed by atoms with Gasteiger partial charge < -0.3 is 24.6 Å². The highest BCUT2D eigenvalue weighted by Gasteiger charge is 2.69. The lowest BCUT2D eigenvalue weighted by Crippen LogP contribution is -2.78. The van der Waals surface area contributed by atoms with Crippen molar-refractivity contribution in [2.75, 3.05) is 31.1 Å². The quantitative estimate of drug-likeness (QED) is 0.206. The van der Waals surface area contributed by atoms with Crippen molar-refractivity contribution in [1.29, 1.82) is 5.26 Å². The van der Waals surface area contributed by atoms with Gasteiger partial charge in [-0.2, -0.15) is 5.26 Å². The van der Waals surface area contributed by atoms with Gasteiger partial charge in [0.1, 0.15) is 41.6 Å². The summed E-state index contributed by atoms with van der Waals surface area (Å²) in [7, 11) is 0. The summed E-state index contributed by atoms with van der Waals surface area (Å²) in [6.45, 7) is 12.2. The van der Waals surface area contributed by atoms with Crippen molar-refractivity contribution >= 4 is 46.3 Å². The van der Waals surface area contributed by atoms with Gasteiger partial charge in [0.15, 0.2) is 0 Å². The van der Waals surface area contributed by atoms with E-state index in [1.165, 1.54) is 0 Å². The third kappa shape index (κ3) is 6.51. The van der Waals surface area contributed by atoms with Crippen molar-refractivity contribution in [3.8, 4) is 17.6 Å². The molecule has 4 aromatic rings. The Morgan fingerprint density at radius 1 is 1.00 bits per heavy atom. The number of nitrogens with one attached hydrogen (secondary N) is 2. The zero-order chi connectivity index (χ0) is 43.9. The number of anilines is 1. The highest BCUT2D eigenvalue weighted by Crippen LogP contribution is 2.61. The van der Waals surface area contributed by atoms with Gasteiger partial charge in [0.05, 0.1) is 39.2 Å². The average molecular weight is 851 g/mol. The van der Waals surface area contributed by atoms with Crippen LogP contribution in [0.5, 0.6) is 11.5 Å². The third-order valence-corrected chi connectivity index (χ3v) is 14.8. The number of nitrogens with zero attached hydrogens (tertiary/aromatic N) is 6. The molecule has 6 heterocycles. The Kier molecular flexibility index (Phi) is 9.78. The van der Waals surface area contributed by atoms with E-state index in [4.69, 9.17) is 14.5 Å². The maximum atomic E-state index is 13.8. The van der Waals surface area contributed by atoms with E-state index >= 15 is 0 Å². The van der Waals surface area contributed by atoms with Crippen molar-refractivity contribution < 1.29 is 33.4 Å². The normalized spacial score (nSPS) is 27.1. The minimum absolute atomic E-state index is 0.0105. The van der Waals surface area contributed by atoms with Crippen LogP contribution < -0.4 is 25.0 Å². The van der Waals surface area contributed by atoms with E-state index in [2.05, 4.69) is 59.2 Å². The zero-order valence-electron chi connectivity index (χ0n) is 35.8. The second-order valence-corrected chi connectivity index (χ2v) is 18.8. The van der Waals surface area contributed by atoms with E-state index < -0.39 is 35.1 Å². The molecule has 2 aromatic carbocycles. The number of nitriles is 1. The number of ether oxygens (including phenoxy) is 2. The van der Waals surface area contributed by atoms with E-state index in [0.717, 1.165) is 79.3 Å². The maximum Gasteiger partial charge on any atom is 0.262 e. The summed E-state index contributed by atoms with van der Waals surface area (Å²) in [4.78, 5) is 79.3. The summed E-state index contributed by atoms with van der Waals surface area (Å²) in [5.74, 6) is 0.339. The Balaban J connectivity index is 0.709. The molecule has 2 saturated carbocycles. The van der Waals surface area contributed by atoms with Gasteiger partial charge in [0, 0.05) is 68.1 Å². The molecule has 6 aliphatic rings. The van der Waals surface area contributed by atoms with Crippen LogP contribution in [0, 0.1) is 22.7 Å². The predicted molar refractivity (Wildman–Crippen MR) is 230 cm³/mol. The van der Waals surface area contributed by atoms with Crippen molar-refractivity contribution in [3.63, 3.8) is 0 Å². The van der Waals surface area contributed by atoms with Gasteiger partial charge in [-0.05, 0) is 92.7 Å². The number of rotatable bonds is 10. The number of carbonyl (C=O) groups excluding carboxylic acids is 5. The molecule has 4 atom stereocenters. The number of carbonyl (C=O) groups is 5. The fourth-order valence-corrected chi connectivity index (χ4v) is 11.4. The molecule has 15 heteroatoms. The summed E-state index contributed by atoms with van der Waals surface area (Å²) < 4.78 is 12.9. The monoisotopic (exact) mass is 850 g/mol. The van der Waals surface area contributed by atoms with E-state index in [-0.39, 0.29) is 53.5 Å². The van der Waals surface area contributed by atoms with E-state index in [1.807, 2.05) is 24.3 Å². The molecule has 4 aliphatic heterocycles. The van der Waals surface area contributed by atoms with E-state index in [9.17, 15) is 29.2 Å². The molecule has 2 aromatic heterocycles. The topological polar surface area (TPSA) is 187 Å². The molecule has 0 bridgehead atoms. The molecule has 324 valence electrons. The summed E-state index contributed by atoms with van der Waals surface area (Å²) in [5.41, 5.74) is 2.20. The number of hydrogen-bond acceptors (Lipinski definition) is 12. The molecule has 2 N–H and O–H groups in total. The van der Waals surface area contributed by atoms with Crippen molar-refractivity contribution in [1.82, 2.24) is 30.4 Å². The smallest absolute Gasteiger partial charge is 0.262 e. The second-order valence-electron chi connectivity index (χ2n) is 18.8. The van der Waals surface area contributed by atoms with Crippen molar-refractivity contribution in [2.45, 2.75) is 102 Å². The predicted octanol–water partition coefficient (Wildman–Crippen LogP) is 4.91. The standard InChI is InChI=1S/C48H50N8O7/c1-5-54(29-20-31(21-29)62-30-8-9-32-33(22-30)44(61)56(43(32)60)35-10-13-38(57)52-42(35)59)25-26-15-18-55(19-16-26)37-12-7-28(24-51-37)41(58)53-45-47(2,3)46-48(45,4)34-14-17-50-40-27(23-49)6-11-36(63-46)39(34)40/h6-9,11-12,14,17,22,24,26,29,31,35,45-46H,5,10,13,15-16,18-21,25H2,1-4H3,(H,53,58)(H,52,57,59)/t29?,31?,35?,45?,46-,48?/m0/s1. The molecule has 2 saturated heterocycles. The molecular formula is C48H50N8O7. The Labute approximate surface area is 365 Å². The summed E-state index contributed by atoms with van der Waals surface area (Å²) in [5, 5.41) is 16.1. The molecule has 0 spiro atoms. The second kappa shape index (κ2) is 15.1. The summed E-state index contributed by atoms with van der Waals surface area (Å²) in [6.07, 6.45) is 7.19. The Bertz CT molecular complexity index is 2630. The lowest BCUT2D eigenvalue weighted by atomic mass is 9.45. The average Bonchev–Trinajstić information content (AvgIpc) is 3.52. The van der Waals surface area contributed by atoms with Crippen molar-refractivity contribution in [3.05, 3.63) is 88.7 Å². The molecule has 0 radical (unpaired) electrons. The number of piperidine rings is 2. The van der Waals surface area contributed by atoms with Crippen LogP contribution in [-0.4, -0.2) is 106 Å². The minimum Gasteiger partial charge on any atom is -0.490 e. The lowest BCUT2D eigenvalue weighted by molar-refractivity contribution is -0.136. The Morgan fingerprint density at radius 2 is 1.78 bits per heavy atom. The molecule has 4 fully saturated rings. The van der Waals surface area contributed by atoms with Gasteiger partial charge in [0.2, 0.25) is 11.8 Å². The fourth-order valence-electron chi connectivity index (χ4n) is 11.4. The van der Waals surface area contributed by atoms with Crippen LogP contribution in [0.25, 0.3) is 10.9 Å². The molecular weight excluding hydrogens is 801 g/mol. The largest absolute Gasteiger partial charge is 0.490 e. The van der Waals surface area contributed by atoms with Gasteiger partial charge in [-0.15, -0.1) is 0 Å². The van der Waals surface area contributed by atoms with Crippen LogP contribution in [0.2, 0.25) is 0 Å². The minimum atomic E-state index is -1.00. The van der Waals surface area contributed by atoms with Crippen LogP contribution in [0.3, 0.4) is 0 Å². The number of imide groups is 2. The molecule has 3 unspecified atom stereocenters. The Morgan fingerprint density at radius 3 is 2.49 bits per heavy atom. The highest BCUT2D eigenvalue weighted by atomic mass is 16.5. The van der Waals surface area contributed by atoms with Crippen LogP contribution in [0.15, 0.2) is 60.9 Å². The zero-order valence-corrected chi connectivity index (χ0v) is 35.8. The van der Waals surface area contributed by atoms with E-state index in [0.29, 0.717) is 34.4 Å². The summed E-state index contributed by atoms with van der Waals surface area (Å²) >= 11 is 0. The van der Waals surface area contributed by atoms with Gasteiger partial charge in [-0.1, -0.05) is 20.8 Å². The first-order chi connectivity index (χ1) is 30.3. The lowest BCUT2D eigenvalue weighted by Gasteiger charge is -2.66. The molecule has 15 nitrogen and oxygen atoms in total. The number of pyridine rings is 2. The van der Waals surface area contributed by atoms with Gasteiger partial charge in [-0.3, -0.25) is 39.2 Å². The first-order valence-corrected chi connectivity index (χ1v) is 22.1. The first kappa shape index (κ1) is 40.7. The highest BCUT2D eigenvalue weighted by molar-refractivity contribution is 6.23. The van der Waals surface area contributed by atoms with Crippen molar-refractivity contribution in [2.24, 2.45) is 11.3 Å². The maximum absolute atomic E-state index is 13.8. The molecule has 10 rings (SSSR count). The third-order valence-electron chi connectivity index (χ3n) is 14.8. The van der Waals surface area contributed by atoms with Gasteiger partial charge >= 0.3 is 0 Å². The molecule has 2 aliphatic carbocycles. The Hall–Kier alpha value is -6.40. The molecule has 5 amide bonds. The van der Waals surface area contributed by atoms with E-state index in [1.54, 1.807) is 36.7 Å². The number of hydrogen-bond donors (Lipinski definition) is 2. The fraction of sp³-hybridized carbons (Fsp3) is 0.458. The van der Waals surface area contributed by atoms with Gasteiger partial charge in [0.25, 0.3) is 17.7 Å². The number of benzene rings is 2. The van der Waals surface area contributed by atoms with Crippen LogP contribution >= 0.6 is 0 Å². The number of amides is 5. The molecule has 63 heavy (non-hydrogen) atoms. The van der Waals surface area contributed by atoms with Crippen LogP contribution in [0.1, 0.15) is 108 Å². The van der Waals surface area contributed by atoms with Crippen LogP contribution in [0.4, 0.5) is 5.82 Å². The first-order valence-electron chi connectivity index (χ1n) is 22.1.